The van der Waals surface area contributed by atoms with Crippen LogP contribution in [0, 0.1) is 12.3 Å². The number of ether oxygens (including phenoxy) is 3. The van der Waals surface area contributed by atoms with E-state index in [-0.39, 0.29) is 35.7 Å². The van der Waals surface area contributed by atoms with E-state index in [0.717, 1.165) is 12.0 Å². The van der Waals surface area contributed by atoms with Crippen LogP contribution in [0.25, 0.3) is 0 Å². The van der Waals surface area contributed by atoms with Gasteiger partial charge >= 0.3 is 17.9 Å². The Morgan fingerprint density at radius 2 is 1.68 bits per heavy atom. The van der Waals surface area contributed by atoms with E-state index in [4.69, 9.17) is 14.2 Å². The van der Waals surface area contributed by atoms with Crippen LogP contribution in [0.4, 0.5) is 0 Å². The van der Waals surface area contributed by atoms with Crippen molar-refractivity contribution in [2.75, 3.05) is 14.2 Å². The SMILES string of the molecule is CCCn1cc(CO[C@H](c2ccc(C)c(CN(Cc3cccc(C(=O)O)c3)S(=O)(=O)c3cccc(C(=O)OC)c3)c2)C(C)(C)C(=O)OC)nn1. The minimum absolute atomic E-state index is 0.00507. The molecule has 0 unspecified atom stereocenters. The molecule has 266 valence electrons. The predicted molar refractivity (Wildman–Crippen MR) is 182 cm³/mol. The molecule has 0 amide bonds. The minimum Gasteiger partial charge on any atom is -0.478 e. The number of carbonyl (C=O) groups excluding carboxylic acids is 2. The number of esters is 2. The highest BCUT2D eigenvalue weighted by Crippen LogP contribution is 2.39. The average Bonchev–Trinajstić information content (AvgIpc) is 3.55. The van der Waals surface area contributed by atoms with Gasteiger partial charge in [-0.05, 0) is 79.8 Å². The zero-order valence-electron chi connectivity index (χ0n) is 29.0. The molecule has 1 aromatic heterocycles. The monoisotopic (exact) mass is 706 g/mol. The van der Waals surface area contributed by atoms with Gasteiger partial charge in [0, 0.05) is 19.6 Å². The maximum atomic E-state index is 14.3. The summed E-state index contributed by atoms with van der Waals surface area (Å²) in [5.74, 6) is -2.35. The van der Waals surface area contributed by atoms with E-state index < -0.39 is 39.5 Å². The first kappa shape index (κ1) is 37.9. The molecule has 0 fully saturated rings. The molecule has 4 rings (SSSR count). The Kier molecular flexibility index (Phi) is 12.3. The number of carbonyl (C=O) groups is 3. The van der Waals surface area contributed by atoms with E-state index in [1.165, 1.54) is 54.9 Å². The van der Waals surface area contributed by atoms with Gasteiger partial charge in [-0.2, -0.15) is 4.31 Å². The van der Waals surface area contributed by atoms with E-state index in [0.29, 0.717) is 28.9 Å². The molecule has 14 heteroatoms. The molecule has 0 aliphatic carbocycles. The van der Waals surface area contributed by atoms with Crippen molar-refractivity contribution in [3.63, 3.8) is 0 Å². The third-order valence-corrected chi connectivity index (χ3v) is 10.0. The Morgan fingerprint density at radius 3 is 2.36 bits per heavy atom. The van der Waals surface area contributed by atoms with Gasteiger partial charge in [-0.3, -0.25) is 9.48 Å². The zero-order chi connectivity index (χ0) is 36.6. The van der Waals surface area contributed by atoms with Gasteiger partial charge in [0.1, 0.15) is 5.69 Å². The highest BCUT2D eigenvalue weighted by molar-refractivity contribution is 7.89. The number of aryl methyl sites for hydroxylation is 2. The molecule has 0 bridgehead atoms. The summed E-state index contributed by atoms with van der Waals surface area (Å²) in [6, 6.07) is 17.0. The van der Waals surface area contributed by atoms with Crippen LogP contribution in [0.15, 0.2) is 77.8 Å². The van der Waals surface area contributed by atoms with E-state index in [9.17, 15) is 27.9 Å². The Bertz CT molecular complexity index is 1960. The smallest absolute Gasteiger partial charge is 0.337 e. The maximum Gasteiger partial charge on any atom is 0.337 e. The molecule has 1 atom stereocenters. The molecular formula is C36H42N4O9S. The summed E-state index contributed by atoms with van der Waals surface area (Å²) in [6.45, 7) is 7.69. The van der Waals surface area contributed by atoms with Gasteiger partial charge in [-0.1, -0.05) is 48.5 Å². The molecule has 0 saturated heterocycles. The van der Waals surface area contributed by atoms with Crippen LogP contribution in [-0.2, 0) is 55.3 Å². The number of nitrogens with zero attached hydrogens (tertiary/aromatic N) is 4. The van der Waals surface area contributed by atoms with Gasteiger partial charge in [0.15, 0.2) is 0 Å². The maximum absolute atomic E-state index is 14.3. The second-order valence-electron chi connectivity index (χ2n) is 12.4. The third-order valence-electron chi connectivity index (χ3n) is 8.25. The van der Waals surface area contributed by atoms with Gasteiger partial charge in [0.05, 0.1) is 54.6 Å². The summed E-state index contributed by atoms with van der Waals surface area (Å²) < 4.78 is 47.8. The second-order valence-corrected chi connectivity index (χ2v) is 14.3. The molecule has 0 saturated carbocycles. The van der Waals surface area contributed by atoms with E-state index in [2.05, 4.69) is 10.3 Å². The van der Waals surface area contributed by atoms with Crippen LogP contribution in [0.1, 0.15) is 82.0 Å². The fraction of sp³-hybridized carbons (Fsp3) is 0.361. The number of carboxylic acids is 1. The second kappa shape index (κ2) is 16.2. The van der Waals surface area contributed by atoms with Crippen molar-refractivity contribution in [1.29, 1.82) is 0 Å². The van der Waals surface area contributed by atoms with Crippen LogP contribution < -0.4 is 0 Å². The van der Waals surface area contributed by atoms with Crippen molar-refractivity contribution < 1.29 is 42.1 Å². The number of aromatic nitrogens is 3. The lowest BCUT2D eigenvalue weighted by molar-refractivity contribution is -0.162. The Labute approximate surface area is 291 Å². The molecule has 4 aromatic rings. The lowest BCUT2D eigenvalue weighted by Crippen LogP contribution is -2.34. The number of benzene rings is 3. The number of carboxylic acid groups (broad SMARTS) is 1. The molecule has 0 radical (unpaired) electrons. The third kappa shape index (κ3) is 8.80. The molecular weight excluding hydrogens is 664 g/mol. The van der Waals surface area contributed by atoms with Crippen molar-refractivity contribution in [3.8, 4) is 0 Å². The Balaban J connectivity index is 1.77. The normalized spacial score (nSPS) is 12.5. The van der Waals surface area contributed by atoms with Gasteiger partial charge < -0.3 is 19.3 Å². The summed E-state index contributed by atoms with van der Waals surface area (Å²) in [6.07, 6.45) is 1.82. The number of aromatic carboxylic acids is 1. The number of methoxy groups -OCH3 is 2. The quantitative estimate of drug-likeness (QED) is 0.150. The largest absolute Gasteiger partial charge is 0.478 e. The topological polar surface area (TPSA) is 167 Å². The first-order valence-corrected chi connectivity index (χ1v) is 17.3. The highest BCUT2D eigenvalue weighted by atomic mass is 32.2. The van der Waals surface area contributed by atoms with Crippen molar-refractivity contribution >= 4 is 27.9 Å². The summed E-state index contributed by atoms with van der Waals surface area (Å²) in [4.78, 5) is 36.9. The molecule has 0 aliphatic heterocycles. The van der Waals surface area contributed by atoms with E-state index in [1.54, 1.807) is 42.9 Å². The molecule has 3 aromatic carbocycles. The molecule has 13 nitrogen and oxygen atoms in total. The van der Waals surface area contributed by atoms with Crippen LogP contribution in [0.2, 0.25) is 0 Å². The van der Waals surface area contributed by atoms with Gasteiger partial charge in [0.2, 0.25) is 10.0 Å². The Hall–Kier alpha value is -4.92. The zero-order valence-corrected chi connectivity index (χ0v) is 29.8. The number of rotatable bonds is 16. The van der Waals surface area contributed by atoms with Crippen molar-refractivity contribution in [2.24, 2.45) is 5.41 Å². The molecule has 0 spiro atoms. The number of hydrogen-bond donors (Lipinski definition) is 1. The molecule has 0 aliphatic rings. The summed E-state index contributed by atoms with van der Waals surface area (Å²) in [5, 5.41) is 17.9. The first-order chi connectivity index (χ1) is 23.7. The first-order valence-electron chi connectivity index (χ1n) is 15.9. The van der Waals surface area contributed by atoms with Gasteiger partial charge in [-0.15, -0.1) is 5.10 Å². The van der Waals surface area contributed by atoms with Crippen molar-refractivity contribution in [2.45, 2.75) is 71.4 Å². The van der Waals surface area contributed by atoms with Crippen molar-refractivity contribution in [3.05, 3.63) is 112 Å². The van der Waals surface area contributed by atoms with Gasteiger partial charge in [0.25, 0.3) is 0 Å². The lowest BCUT2D eigenvalue weighted by Gasteiger charge is -2.32. The van der Waals surface area contributed by atoms with Crippen LogP contribution >= 0.6 is 0 Å². The van der Waals surface area contributed by atoms with Crippen LogP contribution in [0.5, 0.6) is 0 Å². The average molecular weight is 707 g/mol. The predicted octanol–water partition coefficient (Wildman–Crippen LogP) is 5.33. The number of hydrogen-bond acceptors (Lipinski definition) is 10. The van der Waals surface area contributed by atoms with E-state index in [1.807, 2.05) is 26.0 Å². The molecule has 1 N–H and O–H groups in total. The minimum atomic E-state index is -4.28. The lowest BCUT2D eigenvalue weighted by atomic mass is 9.81. The molecule has 1 heterocycles. The Morgan fingerprint density at radius 1 is 0.960 bits per heavy atom. The van der Waals surface area contributed by atoms with Crippen molar-refractivity contribution in [1.82, 2.24) is 19.3 Å². The highest BCUT2D eigenvalue weighted by Gasteiger charge is 2.40. The fourth-order valence-corrected chi connectivity index (χ4v) is 6.95. The van der Waals surface area contributed by atoms with Crippen LogP contribution in [-0.4, -0.2) is 65.0 Å². The number of sulfonamides is 1. The van der Waals surface area contributed by atoms with Crippen LogP contribution in [0.3, 0.4) is 0 Å². The van der Waals surface area contributed by atoms with Gasteiger partial charge in [-0.25, -0.2) is 18.0 Å². The summed E-state index contributed by atoms with van der Waals surface area (Å²) in [5.41, 5.74) is 1.87. The summed E-state index contributed by atoms with van der Waals surface area (Å²) in [7, 11) is -1.78. The summed E-state index contributed by atoms with van der Waals surface area (Å²) >= 11 is 0. The van der Waals surface area contributed by atoms with E-state index >= 15 is 0 Å². The fourth-order valence-electron chi connectivity index (χ4n) is 5.50. The molecule has 50 heavy (non-hydrogen) atoms. The standard InChI is InChI=1S/C36H42N4O9S/c1-7-16-39-22-30(37-38-39)23-49-32(36(3,4)35(44)48-6)26-15-14-24(2)29(18-26)21-40(20-25-10-8-11-27(17-25)33(41)42)50(45,46)31-13-9-12-28(19-31)34(43)47-5/h8-15,17-19,22,32H,7,16,20-21,23H2,1-6H3,(H,41,42)/t32-/m1/s1.